The second kappa shape index (κ2) is 3.23. The number of hydrogen-bond donors (Lipinski definition) is 0. The van der Waals surface area contributed by atoms with Crippen LogP contribution < -0.4 is 0 Å². The fraction of sp³-hybridized carbons (Fsp3) is 0.400. The molecule has 1 aromatic carbocycles. The third-order valence-corrected chi connectivity index (χ3v) is 2.17. The Morgan fingerprint density at radius 3 is 2.58 bits per heavy atom. The SMILES string of the molecule is Fc1ccc([C@H]2CCCO2)cc1. The van der Waals surface area contributed by atoms with Crippen molar-refractivity contribution in [2.45, 2.75) is 18.9 Å². The van der Waals surface area contributed by atoms with Crippen molar-refractivity contribution < 1.29 is 9.13 Å². The molecule has 1 aliphatic rings. The minimum absolute atomic E-state index is 0.184. The molecule has 0 saturated carbocycles. The van der Waals surface area contributed by atoms with Crippen LogP contribution in [0.2, 0.25) is 0 Å². The lowest BCUT2D eigenvalue weighted by Gasteiger charge is -2.08. The topological polar surface area (TPSA) is 9.23 Å². The summed E-state index contributed by atoms with van der Waals surface area (Å²) in [4.78, 5) is 0. The van der Waals surface area contributed by atoms with E-state index in [-0.39, 0.29) is 11.9 Å². The Morgan fingerprint density at radius 2 is 2.00 bits per heavy atom. The van der Waals surface area contributed by atoms with Crippen molar-refractivity contribution in [2.24, 2.45) is 0 Å². The molecule has 1 nitrogen and oxygen atoms in total. The zero-order valence-electron chi connectivity index (χ0n) is 6.79. The van der Waals surface area contributed by atoms with E-state index in [1.165, 1.54) is 12.1 Å². The van der Waals surface area contributed by atoms with Crippen molar-refractivity contribution in [3.05, 3.63) is 35.6 Å². The van der Waals surface area contributed by atoms with Gasteiger partial charge in [0.05, 0.1) is 6.10 Å². The van der Waals surface area contributed by atoms with Crippen LogP contribution >= 0.6 is 0 Å². The fourth-order valence-electron chi connectivity index (χ4n) is 1.52. The van der Waals surface area contributed by atoms with E-state index in [4.69, 9.17) is 4.74 Å². The highest BCUT2D eigenvalue weighted by molar-refractivity contribution is 5.19. The van der Waals surface area contributed by atoms with E-state index in [0.29, 0.717) is 0 Å². The summed E-state index contributed by atoms with van der Waals surface area (Å²) in [6.45, 7) is 0.835. The van der Waals surface area contributed by atoms with Gasteiger partial charge in [-0.3, -0.25) is 0 Å². The molecule has 0 spiro atoms. The van der Waals surface area contributed by atoms with Crippen molar-refractivity contribution in [1.29, 1.82) is 0 Å². The second-order valence-electron chi connectivity index (χ2n) is 3.05. The maximum absolute atomic E-state index is 12.5. The van der Waals surface area contributed by atoms with Crippen molar-refractivity contribution in [3.63, 3.8) is 0 Å². The number of rotatable bonds is 1. The first kappa shape index (κ1) is 7.74. The van der Waals surface area contributed by atoms with E-state index < -0.39 is 0 Å². The molecule has 64 valence electrons. The lowest BCUT2D eigenvalue weighted by atomic mass is 10.1. The van der Waals surface area contributed by atoms with E-state index in [0.717, 1.165) is 25.0 Å². The summed E-state index contributed by atoms with van der Waals surface area (Å²) in [6.07, 6.45) is 2.37. The minimum atomic E-state index is -0.184. The summed E-state index contributed by atoms with van der Waals surface area (Å²) in [6, 6.07) is 6.56. The molecular formula is C10H11FO. The number of benzene rings is 1. The van der Waals surface area contributed by atoms with Gasteiger partial charge in [-0.2, -0.15) is 0 Å². The molecule has 1 atom stereocenters. The highest BCUT2D eigenvalue weighted by Gasteiger charge is 2.16. The lowest BCUT2D eigenvalue weighted by Crippen LogP contribution is -1.94. The highest BCUT2D eigenvalue weighted by Crippen LogP contribution is 2.28. The van der Waals surface area contributed by atoms with Crippen LogP contribution in [0.5, 0.6) is 0 Å². The van der Waals surface area contributed by atoms with Crippen molar-refractivity contribution >= 4 is 0 Å². The third-order valence-electron chi connectivity index (χ3n) is 2.17. The molecule has 2 heteroatoms. The van der Waals surface area contributed by atoms with Gasteiger partial charge in [-0.15, -0.1) is 0 Å². The summed E-state index contributed by atoms with van der Waals surface area (Å²) in [7, 11) is 0. The van der Waals surface area contributed by atoms with Crippen molar-refractivity contribution in [3.8, 4) is 0 Å². The zero-order chi connectivity index (χ0) is 8.39. The van der Waals surface area contributed by atoms with Gasteiger partial charge in [-0.1, -0.05) is 12.1 Å². The first-order valence-electron chi connectivity index (χ1n) is 4.23. The second-order valence-corrected chi connectivity index (χ2v) is 3.05. The Labute approximate surface area is 71.2 Å². The minimum Gasteiger partial charge on any atom is -0.374 e. The predicted molar refractivity (Wildman–Crippen MR) is 44.3 cm³/mol. The van der Waals surface area contributed by atoms with Crippen molar-refractivity contribution in [2.75, 3.05) is 6.61 Å². The van der Waals surface area contributed by atoms with Gasteiger partial charge in [-0.25, -0.2) is 4.39 Å². The number of halogens is 1. The Hall–Kier alpha value is -0.890. The monoisotopic (exact) mass is 166 g/mol. The van der Waals surface area contributed by atoms with Crippen LogP contribution in [0.1, 0.15) is 24.5 Å². The van der Waals surface area contributed by atoms with Crippen LogP contribution in [-0.2, 0) is 4.74 Å². The predicted octanol–water partition coefficient (Wildman–Crippen LogP) is 2.68. The first-order chi connectivity index (χ1) is 5.86. The molecule has 1 heterocycles. The molecular weight excluding hydrogens is 155 g/mol. The number of hydrogen-bond acceptors (Lipinski definition) is 1. The smallest absolute Gasteiger partial charge is 0.123 e. The summed E-state index contributed by atoms with van der Waals surface area (Å²) < 4.78 is 18.0. The molecule has 2 rings (SSSR count). The Balaban J connectivity index is 2.17. The molecule has 0 unspecified atom stereocenters. The van der Waals surface area contributed by atoms with E-state index in [1.807, 2.05) is 0 Å². The van der Waals surface area contributed by atoms with Crippen LogP contribution in [0.15, 0.2) is 24.3 Å². The first-order valence-corrected chi connectivity index (χ1v) is 4.23. The van der Waals surface area contributed by atoms with E-state index in [9.17, 15) is 4.39 Å². The van der Waals surface area contributed by atoms with Gasteiger partial charge in [0, 0.05) is 6.61 Å². The summed E-state index contributed by atoms with van der Waals surface area (Å²) in [5.41, 5.74) is 1.09. The third kappa shape index (κ3) is 1.48. The van der Waals surface area contributed by atoms with Crippen LogP contribution in [0.3, 0.4) is 0 Å². The summed E-state index contributed by atoms with van der Waals surface area (Å²) in [5, 5.41) is 0. The number of ether oxygens (including phenoxy) is 1. The van der Waals surface area contributed by atoms with Crippen LogP contribution in [0, 0.1) is 5.82 Å². The van der Waals surface area contributed by atoms with Gasteiger partial charge in [0.1, 0.15) is 5.82 Å². The van der Waals surface area contributed by atoms with Crippen molar-refractivity contribution in [1.82, 2.24) is 0 Å². The average molecular weight is 166 g/mol. The maximum atomic E-state index is 12.5. The summed E-state index contributed by atoms with van der Waals surface area (Å²) >= 11 is 0. The molecule has 1 saturated heterocycles. The molecule has 1 aliphatic heterocycles. The molecule has 0 bridgehead atoms. The van der Waals surface area contributed by atoms with Gasteiger partial charge in [0.2, 0.25) is 0 Å². The molecule has 0 amide bonds. The van der Waals surface area contributed by atoms with E-state index in [1.54, 1.807) is 12.1 Å². The molecule has 1 aromatic rings. The van der Waals surface area contributed by atoms with Crippen LogP contribution in [0.25, 0.3) is 0 Å². The largest absolute Gasteiger partial charge is 0.374 e. The molecule has 12 heavy (non-hydrogen) atoms. The average Bonchev–Trinajstić information content (AvgIpc) is 2.58. The zero-order valence-corrected chi connectivity index (χ0v) is 6.79. The standard InChI is InChI=1S/C10H11FO/c11-9-5-3-8(4-6-9)10-2-1-7-12-10/h3-6,10H,1-2,7H2/t10-/m1/s1. The normalized spacial score (nSPS) is 22.9. The van der Waals surface area contributed by atoms with Gasteiger partial charge in [0.15, 0.2) is 0 Å². The maximum Gasteiger partial charge on any atom is 0.123 e. The molecule has 0 aliphatic carbocycles. The molecule has 0 radical (unpaired) electrons. The van der Waals surface area contributed by atoms with Crippen LogP contribution in [-0.4, -0.2) is 6.61 Å². The molecule has 0 aromatic heterocycles. The molecule has 1 fully saturated rings. The van der Waals surface area contributed by atoms with Gasteiger partial charge in [0.25, 0.3) is 0 Å². The molecule has 0 N–H and O–H groups in total. The Bertz CT molecular complexity index is 249. The van der Waals surface area contributed by atoms with Crippen LogP contribution in [0.4, 0.5) is 4.39 Å². The lowest BCUT2D eigenvalue weighted by molar-refractivity contribution is 0.112. The highest BCUT2D eigenvalue weighted by atomic mass is 19.1. The Kier molecular flexibility index (Phi) is 2.09. The van der Waals surface area contributed by atoms with E-state index in [2.05, 4.69) is 0 Å². The quantitative estimate of drug-likeness (QED) is 0.623. The fourth-order valence-corrected chi connectivity index (χ4v) is 1.52. The Morgan fingerprint density at radius 1 is 1.25 bits per heavy atom. The summed E-state index contributed by atoms with van der Waals surface area (Å²) in [5.74, 6) is -0.184. The van der Waals surface area contributed by atoms with Gasteiger partial charge >= 0.3 is 0 Å². The van der Waals surface area contributed by atoms with Gasteiger partial charge < -0.3 is 4.74 Å². The van der Waals surface area contributed by atoms with E-state index >= 15 is 0 Å². The van der Waals surface area contributed by atoms with Gasteiger partial charge in [-0.05, 0) is 30.5 Å².